The molecule has 0 aromatic rings. The van der Waals surface area contributed by atoms with E-state index in [9.17, 15) is 5.26 Å². The van der Waals surface area contributed by atoms with E-state index in [-0.39, 0.29) is 11.5 Å². The normalized spacial score (nSPS) is 37.1. The van der Waals surface area contributed by atoms with Crippen LogP contribution in [-0.2, 0) is 4.74 Å². The van der Waals surface area contributed by atoms with Gasteiger partial charge in [-0.1, -0.05) is 13.3 Å². The molecular formula is C15H26N2O. The van der Waals surface area contributed by atoms with Gasteiger partial charge in [0, 0.05) is 19.1 Å². The van der Waals surface area contributed by atoms with E-state index in [1.165, 1.54) is 19.3 Å². The number of nitriles is 1. The van der Waals surface area contributed by atoms with Crippen LogP contribution in [0.1, 0.15) is 46.5 Å². The van der Waals surface area contributed by atoms with Crippen LogP contribution in [0.3, 0.4) is 0 Å². The summed E-state index contributed by atoms with van der Waals surface area (Å²) in [6.07, 6.45) is 4.77. The van der Waals surface area contributed by atoms with E-state index in [1.807, 2.05) is 0 Å². The monoisotopic (exact) mass is 250 g/mol. The van der Waals surface area contributed by atoms with E-state index < -0.39 is 0 Å². The lowest BCUT2D eigenvalue weighted by molar-refractivity contribution is -0.106. The molecule has 0 aromatic heterocycles. The summed E-state index contributed by atoms with van der Waals surface area (Å²) < 4.78 is 5.78. The lowest BCUT2D eigenvalue weighted by Crippen LogP contribution is -2.55. The summed E-state index contributed by atoms with van der Waals surface area (Å²) >= 11 is 0. The van der Waals surface area contributed by atoms with Crippen LogP contribution in [0.15, 0.2) is 0 Å². The number of nitrogens with zero attached hydrogens (tertiary/aromatic N) is 2. The molecular weight excluding hydrogens is 224 g/mol. The second kappa shape index (κ2) is 5.59. The molecule has 3 unspecified atom stereocenters. The molecule has 3 nitrogen and oxygen atoms in total. The van der Waals surface area contributed by atoms with Crippen LogP contribution in [0.5, 0.6) is 0 Å². The van der Waals surface area contributed by atoms with Crippen LogP contribution in [0, 0.1) is 23.2 Å². The fourth-order valence-corrected chi connectivity index (χ4v) is 3.49. The maximum atomic E-state index is 9.37. The second-order valence-corrected chi connectivity index (χ2v) is 6.47. The molecule has 18 heavy (non-hydrogen) atoms. The average molecular weight is 250 g/mol. The van der Waals surface area contributed by atoms with Crippen LogP contribution < -0.4 is 0 Å². The summed E-state index contributed by atoms with van der Waals surface area (Å²) in [5.41, 5.74) is -0.0581. The molecule has 1 saturated heterocycles. The van der Waals surface area contributed by atoms with Gasteiger partial charge in [0.2, 0.25) is 0 Å². The number of ether oxygens (including phenoxy) is 1. The van der Waals surface area contributed by atoms with Crippen molar-refractivity contribution in [3.63, 3.8) is 0 Å². The minimum absolute atomic E-state index is 0.0581. The summed E-state index contributed by atoms with van der Waals surface area (Å²) in [6, 6.07) is 3.00. The van der Waals surface area contributed by atoms with Gasteiger partial charge in [-0.25, -0.2) is 0 Å². The number of morpholine rings is 1. The smallest absolute Gasteiger partial charge is 0.0753 e. The fraction of sp³-hybridized carbons (Fsp3) is 0.933. The van der Waals surface area contributed by atoms with Gasteiger partial charge in [-0.2, -0.15) is 5.26 Å². The van der Waals surface area contributed by atoms with Gasteiger partial charge in [0.1, 0.15) is 0 Å². The fourth-order valence-electron chi connectivity index (χ4n) is 3.49. The Hall–Kier alpha value is -0.590. The van der Waals surface area contributed by atoms with Gasteiger partial charge in [0.15, 0.2) is 0 Å². The maximum Gasteiger partial charge on any atom is 0.0753 e. The molecule has 0 spiro atoms. The predicted molar refractivity (Wildman–Crippen MR) is 72.1 cm³/mol. The minimum Gasteiger partial charge on any atom is -0.373 e. The van der Waals surface area contributed by atoms with E-state index in [4.69, 9.17) is 4.74 Å². The summed E-state index contributed by atoms with van der Waals surface area (Å²) in [6.45, 7) is 9.34. The van der Waals surface area contributed by atoms with Gasteiger partial charge in [-0.05, 0) is 39.0 Å². The molecule has 0 bridgehead atoms. The Balaban J connectivity index is 2.06. The van der Waals surface area contributed by atoms with Crippen molar-refractivity contribution < 1.29 is 4.74 Å². The molecule has 3 heteroatoms. The SMILES string of the molecule is CCC1CCC(C#N)C(N2CCOC(C)(C)C2)C1. The lowest BCUT2D eigenvalue weighted by atomic mass is 9.76. The minimum atomic E-state index is -0.0581. The number of rotatable bonds is 2. The Kier molecular flexibility index (Phi) is 4.29. The quantitative estimate of drug-likeness (QED) is 0.756. The molecule has 2 rings (SSSR count). The zero-order chi connectivity index (χ0) is 13.2. The van der Waals surface area contributed by atoms with Crippen LogP contribution >= 0.6 is 0 Å². The van der Waals surface area contributed by atoms with Gasteiger partial charge in [0.05, 0.1) is 24.2 Å². The predicted octanol–water partition coefficient (Wildman–Crippen LogP) is 2.82. The van der Waals surface area contributed by atoms with Crippen LogP contribution in [0.25, 0.3) is 0 Å². The third kappa shape index (κ3) is 3.05. The summed E-state index contributed by atoms with van der Waals surface area (Å²) in [7, 11) is 0. The molecule has 0 radical (unpaired) electrons. The van der Waals surface area contributed by atoms with Crippen molar-refractivity contribution in [3.8, 4) is 6.07 Å². The van der Waals surface area contributed by atoms with E-state index in [1.54, 1.807) is 0 Å². The van der Waals surface area contributed by atoms with Crippen LogP contribution in [-0.4, -0.2) is 36.2 Å². The van der Waals surface area contributed by atoms with Gasteiger partial charge in [-0.15, -0.1) is 0 Å². The third-order valence-electron chi connectivity index (χ3n) is 4.59. The molecule has 3 atom stereocenters. The maximum absolute atomic E-state index is 9.37. The Labute approximate surface area is 111 Å². The first kappa shape index (κ1) is 13.8. The highest BCUT2D eigenvalue weighted by Crippen LogP contribution is 2.35. The highest BCUT2D eigenvalue weighted by atomic mass is 16.5. The molecule has 1 aliphatic heterocycles. The first-order valence-electron chi connectivity index (χ1n) is 7.33. The number of hydrogen-bond acceptors (Lipinski definition) is 3. The molecule has 0 aromatic carbocycles. The second-order valence-electron chi connectivity index (χ2n) is 6.47. The average Bonchev–Trinajstić information content (AvgIpc) is 2.36. The first-order valence-corrected chi connectivity index (χ1v) is 7.33. The standard InChI is InChI=1S/C15H26N2O/c1-4-12-5-6-13(10-16)14(9-12)17-7-8-18-15(2,3)11-17/h12-14H,4-9,11H2,1-3H3. The van der Waals surface area contributed by atoms with Crippen molar-refractivity contribution in [2.24, 2.45) is 11.8 Å². The van der Waals surface area contributed by atoms with E-state index in [0.29, 0.717) is 6.04 Å². The molecule has 2 fully saturated rings. The molecule has 0 N–H and O–H groups in total. The van der Waals surface area contributed by atoms with Crippen molar-refractivity contribution in [2.45, 2.75) is 58.1 Å². The summed E-state index contributed by atoms with van der Waals surface area (Å²) in [4.78, 5) is 2.51. The highest BCUT2D eigenvalue weighted by molar-refractivity contribution is 4.99. The zero-order valence-electron chi connectivity index (χ0n) is 12.0. The molecule has 0 amide bonds. The molecule has 1 saturated carbocycles. The first-order chi connectivity index (χ1) is 8.55. The van der Waals surface area contributed by atoms with Gasteiger partial charge in [-0.3, -0.25) is 4.90 Å². The summed E-state index contributed by atoms with van der Waals surface area (Å²) in [5, 5.41) is 9.37. The van der Waals surface area contributed by atoms with Crippen molar-refractivity contribution in [2.75, 3.05) is 19.7 Å². The van der Waals surface area contributed by atoms with Crippen molar-refractivity contribution >= 4 is 0 Å². The topological polar surface area (TPSA) is 36.3 Å². The highest BCUT2D eigenvalue weighted by Gasteiger charge is 2.38. The van der Waals surface area contributed by atoms with E-state index in [0.717, 1.165) is 32.0 Å². The Morgan fingerprint density at radius 1 is 1.39 bits per heavy atom. The van der Waals surface area contributed by atoms with E-state index >= 15 is 0 Å². The zero-order valence-corrected chi connectivity index (χ0v) is 12.0. The number of hydrogen-bond donors (Lipinski definition) is 0. The van der Waals surface area contributed by atoms with E-state index in [2.05, 4.69) is 31.7 Å². The third-order valence-corrected chi connectivity index (χ3v) is 4.59. The molecule has 102 valence electrons. The van der Waals surface area contributed by atoms with Crippen molar-refractivity contribution in [1.82, 2.24) is 4.90 Å². The summed E-state index contributed by atoms with van der Waals surface area (Å²) in [5.74, 6) is 1.03. The lowest BCUT2D eigenvalue weighted by Gasteiger charge is -2.46. The molecule has 1 aliphatic carbocycles. The molecule has 1 heterocycles. The largest absolute Gasteiger partial charge is 0.373 e. The van der Waals surface area contributed by atoms with Gasteiger partial charge >= 0.3 is 0 Å². The Bertz CT molecular complexity index is 321. The molecule has 2 aliphatic rings. The van der Waals surface area contributed by atoms with Crippen LogP contribution in [0.4, 0.5) is 0 Å². The van der Waals surface area contributed by atoms with Gasteiger partial charge < -0.3 is 4.74 Å². The van der Waals surface area contributed by atoms with Crippen molar-refractivity contribution in [1.29, 1.82) is 5.26 Å². The van der Waals surface area contributed by atoms with Crippen molar-refractivity contribution in [3.05, 3.63) is 0 Å². The Morgan fingerprint density at radius 2 is 2.17 bits per heavy atom. The van der Waals surface area contributed by atoms with Gasteiger partial charge in [0.25, 0.3) is 0 Å². The Morgan fingerprint density at radius 3 is 2.78 bits per heavy atom. The van der Waals surface area contributed by atoms with Crippen LogP contribution in [0.2, 0.25) is 0 Å².